The molecule has 0 aromatic rings. The van der Waals surface area contributed by atoms with Crippen LogP contribution in [-0.4, -0.2) is 40.7 Å². The Labute approximate surface area is 105 Å². The van der Waals surface area contributed by atoms with Crippen molar-refractivity contribution >= 4 is 29.4 Å². The number of nitrogens with zero attached hydrogens (tertiary/aromatic N) is 1. The summed E-state index contributed by atoms with van der Waals surface area (Å²) in [6.45, 7) is 3.64. The third kappa shape index (κ3) is 3.19. The molecule has 17 heavy (non-hydrogen) atoms. The van der Waals surface area contributed by atoms with Crippen LogP contribution in [0, 0.1) is 0 Å². The summed E-state index contributed by atoms with van der Waals surface area (Å²) >= 11 is 5.65. The van der Waals surface area contributed by atoms with Crippen molar-refractivity contribution in [3.63, 3.8) is 0 Å². The van der Waals surface area contributed by atoms with Gasteiger partial charge in [0.15, 0.2) is 0 Å². The van der Waals surface area contributed by atoms with Crippen molar-refractivity contribution < 1.29 is 19.1 Å². The van der Waals surface area contributed by atoms with Crippen LogP contribution in [0.1, 0.15) is 33.1 Å². The summed E-state index contributed by atoms with van der Waals surface area (Å²) in [7, 11) is 0. The number of hydrogen-bond donors (Lipinski definition) is 0. The number of hydrogen-bond acceptors (Lipinski definition) is 4. The highest BCUT2D eigenvalue weighted by molar-refractivity contribution is 6.31. The van der Waals surface area contributed by atoms with Crippen LogP contribution in [0.3, 0.4) is 0 Å². The average Bonchev–Trinajstić information content (AvgIpc) is 2.66. The van der Waals surface area contributed by atoms with Crippen LogP contribution in [0.15, 0.2) is 0 Å². The fourth-order valence-corrected chi connectivity index (χ4v) is 1.78. The quantitative estimate of drug-likeness (QED) is 0.561. The largest absolute Gasteiger partial charge is 0.464 e. The molecule has 0 aromatic heterocycles. The molecule has 5 nitrogen and oxygen atoms in total. The zero-order chi connectivity index (χ0) is 13.0. The molecule has 2 atom stereocenters. The maximum Gasteiger partial charge on any atom is 0.329 e. The van der Waals surface area contributed by atoms with E-state index in [1.807, 2.05) is 6.92 Å². The second-order valence-corrected chi connectivity index (χ2v) is 4.59. The van der Waals surface area contributed by atoms with E-state index < -0.39 is 23.3 Å². The molecule has 1 fully saturated rings. The molecule has 0 unspecified atom stereocenters. The van der Waals surface area contributed by atoms with Crippen LogP contribution < -0.4 is 0 Å². The Balaban J connectivity index is 2.74. The van der Waals surface area contributed by atoms with Crippen molar-refractivity contribution in [2.24, 2.45) is 0 Å². The molecule has 96 valence electrons. The second kappa shape index (κ2) is 6.00. The normalized spacial score (nSPS) is 21.5. The van der Waals surface area contributed by atoms with Gasteiger partial charge in [-0.25, -0.2) is 4.79 Å². The van der Waals surface area contributed by atoms with E-state index in [2.05, 4.69) is 0 Å². The minimum Gasteiger partial charge on any atom is -0.464 e. The van der Waals surface area contributed by atoms with Crippen LogP contribution in [0.5, 0.6) is 0 Å². The Kier molecular flexibility index (Phi) is 4.93. The summed E-state index contributed by atoms with van der Waals surface area (Å²) in [5, 5.41) is -0.821. The summed E-state index contributed by atoms with van der Waals surface area (Å²) in [6, 6.07) is -0.803. The third-order valence-electron chi connectivity index (χ3n) is 2.51. The number of rotatable bonds is 4. The van der Waals surface area contributed by atoms with Gasteiger partial charge in [-0.05, 0) is 19.8 Å². The highest BCUT2D eigenvalue weighted by Gasteiger charge is 2.42. The average molecular weight is 262 g/mol. The molecular formula is C11H16ClNO4. The van der Waals surface area contributed by atoms with Crippen molar-refractivity contribution in [1.29, 1.82) is 0 Å². The Hall–Kier alpha value is -1.10. The number of carbonyl (C=O) groups excluding carboxylic acids is 3. The van der Waals surface area contributed by atoms with Crippen molar-refractivity contribution in [1.82, 2.24) is 4.90 Å². The van der Waals surface area contributed by atoms with Gasteiger partial charge in [0.2, 0.25) is 11.8 Å². The van der Waals surface area contributed by atoms with Gasteiger partial charge < -0.3 is 4.74 Å². The molecule has 2 amide bonds. The first-order valence-corrected chi connectivity index (χ1v) is 6.09. The molecule has 0 spiro atoms. The number of likely N-dealkylation sites (tertiary alicyclic amines) is 1. The first-order chi connectivity index (χ1) is 7.99. The molecule has 0 aromatic carbocycles. The summed E-state index contributed by atoms with van der Waals surface area (Å²) in [5.41, 5.74) is 0. The Bertz CT molecular complexity index is 329. The Morgan fingerprint density at radius 2 is 2.24 bits per heavy atom. The van der Waals surface area contributed by atoms with Gasteiger partial charge in [0.25, 0.3) is 0 Å². The summed E-state index contributed by atoms with van der Waals surface area (Å²) in [4.78, 5) is 35.9. The van der Waals surface area contributed by atoms with Crippen LogP contribution >= 0.6 is 11.6 Å². The Morgan fingerprint density at radius 3 is 2.76 bits per heavy atom. The van der Waals surface area contributed by atoms with Gasteiger partial charge in [0.1, 0.15) is 11.4 Å². The van der Waals surface area contributed by atoms with Crippen LogP contribution in [-0.2, 0) is 19.1 Å². The molecule has 0 bridgehead atoms. The number of amides is 2. The lowest BCUT2D eigenvalue weighted by molar-refractivity contribution is -0.157. The fourth-order valence-electron chi connectivity index (χ4n) is 1.67. The zero-order valence-electron chi connectivity index (χ0n) is 9.94. The van der Waals surface area contributed by atoms with Crippen molar-refractivity contribution in [2.45, 2.75) is 44.5 Å². The van der Waals surface area contributed by atoms with Crippen LogP contribution in [0.25, 0.3) is 0 Å². The van der Waals surface area contributed by atoms with E-state index in [1.54, 1.807) is 0 Å². The lowest BCUT2D eigenvalue weighted by atomic mass is 10.2. The topological polar surface area (TPSA) is 63.7 Å². The predicted octanol–water partition coefficient (Wildman–Crippen LogP) is 1.08. The zero-order valence-corrected chi connectivity index (χ0v) is 10.7. The highest BCUT2D eigenvalue weighted by Crippen LogP contribution is 2.22. The maximum absolute atomic E-state index is 11.7. The summed E-state index contributed by atoms with van der Waals surface area (Å²) < 4.78 is 4.96. The van der Waals surface area contributed by atoms with E-state index in [4.69, 9.17) is 16.3 Å². The molecule has 1 rings (SSSR count). The lowest BCUT2D eigenvalue weighted by Gasteiger charge is -2.22. The van der Waals surface area contributed by atoms with Gasteiger partial charge in [-0.15, -0.1) is 11.6 Å². The fraction of sp³-hybridized carbons (Fsp3) is 0.727. The molecule has 1 saturated heterocycles. The number of esters is 1. The maximum atomic E-state index is 11.7. The molecule has 1 aliphatic rings. The first-order valence-electron chi connectivity index (χ1n) is 5.65. The molecule has 0 radical (unpaired) electrons. The van der Waals surface area contributed by atoms with Crippen LogP contribution in [0.4, 0.5) is 0 Å². The highest BCUT2D eigenvalue weighted by atomic mass is 35.5. The van der Waals surface area contributed by atoms with E-state index in [0.717, 1.165) is 4.90 Å². The van der Waals surface area contributed by atoms with E-state index >= 15 is 0 Å². The lowest BCUT2D eigenvalue weighted by Crippen LogP contribution is -2.46. The minimum atomic E-state index is -0.821. The SMILES string of the molecule is CCCOC(=O)[C@H]1CCC(=O)N1C(=O)[C@@H](C)Cl. The van der Waals surface area contributed by atoms with Gasteiger partial charge in [-0.2, -0.15) is 0 Å². The van der Waals surface area contributed by atoms with E-state index in [1.165, 1.54) is 6.92 Å². The number of ether oxygens (including phenoxy) is 1. The predicted molar refractivity (Wildman–Crippen MR) is 61.4 cm³/mol. The molecule has 0 aliphatic carbocycles. The number of imide groups is 1. The standard InChI is InChI=1S/C11H16ClNO4/c1-3-6-17-11(16)8-4-5-9(14)13(8)10(15)7(2)12/h7-8H,3-6H2,1-2H3/t7-,8-/m1/s1. The van der Waals surface area contributed by atoms with E-state index in [-0.39, 0.29) is 12.3 Å². The monoisotopic (exact) mass is 261 g/mol. The molecule has 0 saturated carbocycles. The smallest absolute Gasteiger partial charge is 0.329 e. The van der Waals surface area contributed by atoms with Crippen molar-refractivity contribution in [3.8, 4) is 0 Å². The van der Waals surface area contributed by atoms with Gasteiger partial charge in [-0.3, -0.25) is 14.5 Å². The molecular weight excluding hydrogens is 246 g/mol. The minimum absolute atomic E-state index is 0.182. The number of halogens is 1. The number of carbonyl (C=O) groups is 3. The Morgan fingerprint density at radius 1 is 1.59 bits per heavy atom. The third-order valence-corrected chi connectivity index (χ3v) is 2.70. The first kappa shape index (κ1) is 14.0. The van der Waals surface area contributed by atoms with Crippen molar-refractivity contribution in [2.75, 3.05) is 6.61 Å². The van der Waals surface area contributed by atoms with Gasteiger partial charge in [0, 0.05) is 6.42 Å². The summed E-state index contributed by atoms with van der Waals surface area (Å²) in [5.74, 6) is -1.42. The van der Waals surface area contributed by atoms with Gasteiger partial charge in [0.05, 0.1) is 6.61 Å². The second-order valence-electron chi connectivity index (χ2n) is 3.94. The van der Waals surface area contributed by atoms with Crippen molar-refractivity contribution in [3.05, 3.63) is 0 Å². The summed E-state index contributed by atoms with van der Waals surface area (Å²) in [6.07, 6.45) is 1.20. The van der Waals surface area contributed by atoms with E-state index in [9.17, 15) is 14.4 Å². The molecule has 1 heterocycles. The van der Waals surface area contributed by atoms with Crippen LogP contribution in [0.2, 0.25) is 0 Å². The molecule has 6 heteroatoms. The van der Waals surface area contributed by atoms with Gasteiger partial charge in [-0.1, -0.05) is 6.92 Å². The number of alkyl halides is 1. The molecule has 0 N–H and O–H groups in total. The van der Waals surface area contributed by atoms with Gasteiger partial charge >= 0.3 is 5.97 Å². The van der Waals surface area contributed by atoms with E-state index in [0.29, 0.717) is 19.4 Å². The molecule has 1 aliphatic heterocycles.